The van der Waals surface area contributed by atoms with Crippen LogP contribution in [0.15, 0.2) is 18.2 Å². The molecule has 0 unspecified atom stereocenters. The zero-order valence-electron chi connectivity index (χ0n) is 17.4. The van der Waals surface area contributed by atoms with E-state index in [1.807, 2.05) is 25.1 Å². The zero-order chi connectivity index (χ0) is 21.1. The molecule has 0 fully saturated rings. The van der Waals surface area contributed by atoms with Crippen molar-refractivity contribution in [2.24, 2.45) is 7.05 Å². The van der Waals surface area contributed by atoms with Gasteiger partial charge in [0.05, 0.1) is 23.5 Å². The standard InChI is InChI=1S/C22H27N3O4/c1-13-21(14(2)25(4)24-13)23-22(28)15(3)29-20(27)11-10-19(26)18-9-8-16-6-5-7-17(16)12-18/h8-9,12,15H,5-7,10-11H2,1-4H3,(H,23,28)/t15-/m0/s1. The van der Waals surface area contributed by atoms with Crippen molar-refractivity contribution in [1.29, 1.82) is 0 Å². The lowest BCUT2D eigenvalue weighted by Gasteiger charge is -2.13. The molecular weight excluding hydrogens is 370 g/mol. The number of ketones is 1. The number of fused-ring (bicyclic) bond motifs is 1. The predicted octanol–water partition coefficient (Wildman–Crippen LogP) is 3.06. The van der Waals surface area contributed by atoms with Crippen molar-refractivity contribution in [3.63, 3.8) is 0 Å². The number of rotatable bonds is 7. The number of hydrogen-bond donors (Lipinski definition) is 1. The first-order valence-electron chi connectivity index (χ1n) is 9.91. The number of amides is 1. The Bertz CT molecular complexity index is 961. The number of anilines is 1. The van der Waals surface area contributed by atoms with Gasteiger partial charge in [-0.25, -0.2) is 0 Å². The first-order valence-corrected chi connectivity index (χ1v) is 9.91. The smallest absolute Gasteiger partial charge is 0.307 e. The molecule has 29 heavy (non-hydrogen) atoms. The van der Waals surface area contributed by atoms with Crippen molar-refractivity contribution < 1.29 is 19.1 Å². The molecule has 154 valence electrons. The van der Waals surface area contributed by atoms with Gasteiger partial charge >= 0.3 is 5.97 Å². The van der Waals surface area contributed by atoms with E-state index in [0.29, 0.717) is 16.9 Å². The molecule has 0 bridgehead atoms. The Kier molecular flexibility index (Phi) is 6.15. The lowest BCUT2D eigenvalue weighted by Crippen LogP contribution is -2.30. The molecule has 1 amide bonds. The highest BCUT2D eigenvalue weighted by Gasteiger charge is 2.22. The third kappa shape index (κ3) is 4.72. The summed E-state index contributed by atoms with van der Waals surface area (Å²) in [6.45, 7) is 5.15. The normalized spacial score (nSPS) is 13.7. The monoisotopic (exact) mass is 397 g/mol. The van der Waals surface area contributed by atoms with Crippen LogP contribution >= 0.6 is 0 Å². The molecule has 1 heterocycles. The maximum absolute atomic E-state index is 12.4. The van der Waals surface area contributed by atoms with Crippen LogP contribution in [0, 0.1) is 13.8 Å². The van der Waals surface area contributed by atoms with Crippen LogP contribution in [0.4, 0.5) is 5.69 Å². The van der Waals surface area contributed by atoms with Crippen LogP contribution in [0.5, 0.6) is 0 Å². The van der Waals surface area contributed by atoms with Crippen molar-refractivity contribution >= 4 is 23.3 Å². The third-order valence-electron chi connectivity index (χ3n) is 5.41. The van der Waals surface area contributed by atoms with E-state index in [-0.39, 0.29) is 18.6 Å². The lowest BCUT2D eigenvalue weighted by atomic mass is 10.0. The van der Waals surface area contributed by atoms with Crippen molar-refractivity contribution in [1.82, 2.24) is 9.78 Å². The van der Waals surface area contributed by atoms with Crippen LogP contribution < -0.4 is 5.32 Å². The second kappa shape index (κ2) is 8.59. The molecule has 7 nitrogen and oxygen atoms in total. The number of benzene rings is 1. The molecule has 1 N–H and O–H groups in total. The highest BCUT2D eigenvalue weighted by molar-refractivity contribution is 5.98. The minimum absolute atomic E-state index is 0.0571. The van der Waals surface area contributed by atoms with Crippen molar-refractivity contribution in [2.75, 3.05) is 5.32 Å². The molecular formula is C22H27N3O4. The van der Waals surface area contributed by atoms with Gasteiger partial charge in [-0.1, -0.05) is 12.1 Å². The molecule has 1 aromatic carbocycles. The Morgan fingerprint density at radius 1 is 1.17 bits per heavy atom. The van der Waals surface area contributed by atoms with Gasteiger partial charge in [0.15, 0.2) is 11.9 Å². The number of ether oxygens (including phenoxy) is 1. The summed E-state index contributed by atoms with van der Waals surface area (Å²) < 4.78 is 6.87. The molecule has 0 saturated heterocycles. The average molecular weight is 397 g/mol. The maximum atomic E-state index is 12.4. The number of carbonyl (C=O) groups excluding carboxylic acids is 3. The summed E-state index contributed by atoms with van der Waals surface area (Å²) in [4.78, 5) is 36.8. The molecule has 1 aromatic heterocycles. The average Bonchev–Trinajstić information content (AvgIpc) is 3.25. The molecule has 1 atom stereocenters. The van der Waals surface area contributed by atoms with Crippen molar-refractivity contribution in [3.05, 3.63) is 46.3 Å². The fourth-order valence-electron chi connectivity index (χ4n) is 3.59. The van der Waals surface area contributed by atoms with E-state index in [0.717, 1.165) is 25.0 Å². The van der Waals surface area contributed by atoms with Gasteiger partial charge in [0.1, 0.15) is 0 Å². The topological polar surface area (TPSA) is 90.3 Å². The summed E-state index contributed by atoms with van der Waals surface area (Å²) in [5.74, 6) is -1.08. The SMILES string of the molecule is Cc1nn(C)c(C)c1NC(=O)[C@H](C)OC(=O)CCC(=O)c1ccc2c(c1)CCC2. The first-order chi connectivity index (χ1) is 13.8. The molecule has 0 saturated carbocycles. The summed E-state index contributed by atoms with van der Waals surface area (Å²) in [7, 11) is 1.79. The molecule has 0 aliphatic heterocycles. The minimum Gasteiger partial charge on any atom is -0.453 e. The number of Topliss-reactive ketones (excluding diaryl/α,β-unsaturated/α-hetero) is 1. The number of nitrogens with zero attached hydrogens (tertiary/aromatic N) is 2. The van der Waals surface area contributed by atoms with Crippen LogP contribution in [0.2, 0.25) is 0 Å². The van der Waals surface area contributed by atoms with Crippen LogP contribution in [-0.4, -0.2) is 33.5 Å². The Morgan fingerprint density at radius 2 is 1.90 bits per heavy atom. The molecule has 1 aliphatic carbocycles. The number of hydrogen-bond acceptors (Lipinski definition) is 5. The van der Waals surface area contributed by atoms with E-state index in [9.17, 15) is 14.4 Å². The lowest BCUT2D eigenvalue weighted by molar-refractivity contribution is -0.153. The van der Waals surface area contributed by atoms with Gasteiger partial charge in [-0.3, -0.25) is 19.1 Å². The molecule has 0 radical (unpaired) electrons. The quantitative estimate of drug-likeness (QED) is 0.573. The van der Waals surface area contributed by atoms with Crippen molar-refractivity contribution in [3.8, 4) is 0 Å². The Hall–Kier alpha value is -2.96. The number of nitrogens with one attached hydrogen (secondary N) is 1. The predicted molar refractivity (Wildman–Crippen MR) is 109 cm³/mol. The van der Waals surface area contributed by atoms with E-state index in [1.165, 1.54) is 18.1 Å². The Balaban J connectivity index is 1.49. The Morgan fingerprint density at radius 3 is 2.59 bits per heavy atom. The fraction of sp³-hybridized carbons (Fsp3) is 0.455. The third-order valence-corrected chi connectivity index (χ3v) is 5.41. The summed E-state index contributed by atoms with van der Waals surface area (Å²) >= 11 is 0. The summed E-state index contributed by atoms with van der Waals surface area (Å²) in [5.41, 5.74) is 5.29. The van der Waals surface area contributed by atoms with Gasteiger partial charge in [0, 0.05) is 19.0 Å². The number of carbonyl (C=O) groups is 3. The second-order valence-electron chi connectivity index (χ2n) is 7.55. The molecule has 7 heteroatoms. The summed E-state index contributed by atoms with van der Waals surface area (Å²) in [6, 6.07) is 5.76. The molecule has 1 aliphatic rings. The number of aryl methyl sites for hydroxylation is 4. The maximum Gasteiger partial charge on any atom is 0.307 e. The fourth-order valence-corrected chi connectivity index (χ4v) is 3.59. The van der Waals surface area contributed by atoms with Gasteiger partial charge in [0.2, 0.25) is 0 Å². The summed E-state index contributed by atoms with van der Waals surface area (Å²) in [5, 5.41) is 6.99. The largest absolute Gasteiger partial charge is 0.453 e. The van der Waals surface area contributed by atoms with Crippen LogP contribution in [0.25, 0.3) is 0 Å². The minimum atomic E-state index is -0.961. The summed E-state index contributed by atoms with van der Waals surface area (Å²) in [6.07, 6.45) is 2.23. The van der Waals surface area contributed by atoms with E-state index in [2.05, 4.69) is 10.4 Å². The van der Waals surface area contributed by atoms with Gasteiger partial charge in [-0.05, 0) is 57.2 Å². The first kappa shape index (κ1) is 20.8. The highest BCUT2D eigenvalue weighted by atomic mass is 16.5. The molecule has 0 spiro atoms. The van der Waals surface area contributed by atoms with Crippen LogP contribution in [0.1, 0.15) is 59.1 Å². The molecule has 2 aromatic rings. The van der Waals surface area contributed by atoms with Crippen LogP contribution in [-0.2, 0) is 34.2 Å². The van der Waals surface area contributed by atoms with Gasteiger partial charge < -0.3 is 10.1 Å². The number of esters is 1. The van der Waals surface area contributed by atoms with E-state index >= 15 is 0 Å². The van der Waals surface area contributed by atoms with E-state index in [4.69, 9.17) is 4.74 Å². The number of aromatic nitrogens is 2. The van der Waals surface area contributed by atoms with E-state index < -0.39 is 18.0 Å². The van der Waals surface area contributed by atoms with Crippen molar-refractivity contribution in [2.45, 2.75) is 59.0 Å². The second-order valence-corrected chi connectivity index (χ2v) is 7.55. The Labute approximate surface area is 170 Å². The van der Waals surface area contributed by atoms with Gasteiger partial charge in [-0.2, -0.15) is 5.10 Å². The van der Waals surface area contributed by atoms with Gasteiger partial charge in [-0.15, -0.1) is 0 Å². The zero-order valence-corrected chi connectivity index (χ0v) is 17.4. The molecule has 3 rings (SSSR count). The van der Waals surface area contributed by atoms with Gasteiger partial charge in [0.25, 0.3) is 5.91 Å². The highest BCUT2D eigenvalue weighted by Crippen LogP contribution is 2.23. The van der Waals surface area contributed by atoms with Crippen LogP contribution in [0.3, 0.4) is 0 Å². The van der Waals surface area contributed by atoms with E-state index in [1.54, 1.807) is 18.7 Å².